The third-order valence-electron chi connectivity index (χ3n) is 3.26. The normalized spacial score (nSPS) is 10.9. The predicted octanol–water partition coefficient (Wildman–Crippen LogP) is 3.59. The zero-order valence-corrected chi connectivity index (χ0v) is 17.5. The number of guanidine groups is 1. The first-order valence-electron chi connectivity index (χ1n) is 7.83. The van der Waals surface area contributed by atoms with E-state index in [-0.39, 0.29) is 24.0 Å². The highest BCUT2D eigenvalue weighted by Crippen LogP contribution is 2.12. The fourth-order valence-electron chi connectivity index (χ4n) is 2.01. The highest BCUT2D eigenvalue weighted by atomic mass is 127. The van der Waals surface area contributed by atoms with Crippen LogP contribution in [0.25, 0.3) is 0 Å². The molecule has 0 bridgehead atoms. The number of aryl methyl sites for hydroxylation is 1. The van der Waals surface area contributed by atoms with Gasteiger partial charge in [-0.05, 0) is 31.0 Å². The van der Waals surface area contributed by atoms with Crippen LogP contribution in [0.4, 0.5) is 0 Å². The highest BCUT2D eigenvalue weighted by Gasteiger charge is 2.02. The first kappa shape index (κ1) is 20.7. The first-order valence-corrected chi connectivity index (χ1v) is 8.71. The van der Waals surface area contributed by atoms with Crippen molar-refractivity contribution in [3.05, 3.63) is 45.9 Å². The number of nitrogens with one attached hydrogen (secondary N) is 2. The third kappa shape index (κ3) is 6.64. The van der Waals surface area contributed by atoms with Gasteiger partial charge < -0.3 is 15.4 Å². The van der Waals surface area contributed by atoms with Crippen molar-refractivity contribution < 1.29 is 4.74 Å². The number of ether oxygens (including phenoxy) is 1. The summed E-state index contributed by atoms with van der Waals surface area (Å²) in [4.78, 5) is 9.17. The standard InChI is InChI=1S/C17H24N4OS.HI/c1-4-16-21-14(12-23-16)11-20-17(18-5-2)19-10-13-6-8-15(22-3)9-7-13;/h6-9,12H,4-5,10-11H2,1-3H3,(H2,18,19,20);1H. The summed E-state index contributed by atoms with van der Waals surface area (Å²) in [6.45, 7) is 6.31. The molecule has 7 heteroatoms. The van der Waals surface area contributed by atoms with E-state index in [1.165, 1.54) is 5.01 Å². The van der Waals surface area contributed by atoms with Gasteiger partial charge in [0.2, 0.25) is 0 Å². The molecule has 0 fully saturated rings. The molecule has 0 atom stereocenters. The second-order valence-electron chi connectivity index (χ2n) is 4.98. The summed E-state index contributed by atoms with van der Waals surface area (Å²) in [7, 11) is 1.67. The Morgan fingerprint density at radius 2 is 1.96 bits per heavy atom. The molecule has 1 aromatic carbocycles. The minimum atomic E-state index is 0. The van der Waals surface area contributed by atoms with Gasteiger partial charge in [0.05, 0.1) is 30.9 Å². The van der Waals surface area contributed by atoms with Gasteiger partial charge in [-0.2, -0.15) is 0 Å². The van der Waals surface area contributed by atoms with Gasteiger partial charge in [-0.1, -0.05) is 19.1 Å². The van der Waals surface area contributed by atoms with Crippen LogP contribution in [0.3, 0.4) is 0 Å². The molecule has 5 nitrogen and oxygen atoms in total. The Labute approximate surface area is 165 Å². The maximum atomic E-state index is 5.17. The van der Waals surface area contributed by atoms with Crippen molar-refractivity contribution in [1.29, 1.82) is 0 Å². The van der Waals surface area contributed by atoms with Crippen LogP contribution in [-0.4, -0.2) is 24.6 Å². The minimum absolute atomic E-state index is 0. The number of methoxy groups -OCH3 is 1. The number of aromatic nitrogens is 1. The average Bonchev–Trinajstić information content (AvgIpc) is 3.06. The van der Waals surface area contributed by atoms with E-state index in [1.807, 2.05) is 24.3 Å². The Morgan fingerprint density at radius 1 is 1.21 bits per heavy atom. The molecule has 24 heavy (non-hydrogen) atoms. The van der Waals surface area contributed by atoms with Crippen molar-refractivity contribution >= 4 is 41.3 Å². The Balaban J connectivity index is 0.00000288. The van der Waals surface area contributed by atoms with Crippen LogP contribution in [0.5, 0.6) is 5.75 Å². The number of hydrogen-bond donors (Lipinski definition) is 2. The monoisotopic (exact) mass is 460 g/mol. The van der Waals surface area contributed by atoms with Crippen LogP contribution < -0.4 is 15.4 Å². The molecular weight excluding hydrogens is 435 g/mol. The Hall–Kier alpha value is -1.35. The highest BCUT2D eigenvalue weighted by molar-refractivity contribution is 14.0. The molecule has 2 rings (SSSR count). The maximum Gasteiger partial charge on any atom is 0.191 e. The molecule has 132 valence electrons. The van der Waals surface area contributed by atoms with E-state index in [9.17, 15) is 0 Å². The lowest BCUT2D eigenvalue weighted by molar-refractivity contribution is 0.414. The molecule has 0 aliphatic heterocycles. The van der Waals surface area contributed by atoms with Gasteiger partial charge >= 0.3 is 0 Å². The van der Waals surface area contributed by atoms with Gasteiger partial charge in [0.25, 0.3) is 0 Å². The zero-order chi connectivity index (χ0) is 16.5. The molecule has 0 saturated carbocycles. The van der Waals surface area contributed by atoms with Gasteiger partial charge in [-0.15, -0.1) is 35.3 Å². The molecule has 1 aromatic heterocycles. The molecule has 2 aromatic rings. The van der Waals surface area contributed by atoms with Crippen LogP contribution in [-0.2, 0) is 19.5 Å². The van der Waals surface area contributed by atoms with Crippen molar-refractivity contribution in [3.8, 4) is 5.75 Å². The van der Waals surface area contributed by atoms with Crippen molar-refractivity contribution in [2.75, 3.05) is 13.7 Å². The fraction of sp³-hybridized carbons (Fsp3) is 0.412. The number of hydrogen-bond acceptors (Lipinski definition) is 4. The fourth-order valence-corrected chi connectivity index (χ4v) is 2.75. The predicted molar refractivity (Wildman–Crippen MR) is 112 cm³/mol. The first-order chi connectivity index (χ1) is 11.2. The number of thiazole rings is 1. The van der Waals surface area contributed by atoms with E-state index in [1.54, 1.807) is 18.4 Å². The van der Waals surface area contributed by atoms with Crippen LogP contribution in [0.15, 0.2) is 34.6 Å². The molecule has 0 amide bonds. The lowest BCUT2D eigenvalue weighted by Crippen LogP contribution is -2.36. The summed E-state index contributed by atoms with van der Waals surface area (Å²) < 4.78 is 5.17. The van der Waals surface area contributed by atoms with E-state index >= 15 is 0 Å². The average molecular weight is 460 g/mol. The SMILES string of the molecule is CCNC(=NCc1ccc(OC)cc1)NCc1csc(CC)n1.I. The molecular formula is C17H25IN4OS. The molecule has 0 aliphatic carbocycles. The van der Waals surface area contributed by atoms with Crippen LogP contribution in [0.2, 0.25) is 0 Å². The van der Waals surface area contributed by atoms with Crippen LogP contribution in [0.1, 0.15) is 30.1 Å². The molecule has 1 heterocycles. The van der Waals surface area contributed by atoms with Gasteiger partial charge in [0.1, 0.15) is 5.75 Å². The third-order valence-corrected chi connectivity index (χ3v) is 4.30. The summed E-state index contributed by atoms with van der Waals surface area (Å²) in [5.74, 6) is 1.66. The van der Waals surface area contributed by atoms with Crippen molar-refractivity contribution in [3.63, 3.8) is 0 Å². The van der Waals surface area contributed by atoms with Crippen molar-refractivity contribution in [2.24, 2.45) is 4.99 Å². The lowest BCUT2D eigenvalue weighted by Gasteiger charge is -2.10. The van der Waals surface area contributed by atoms with Crippen molar-refractivity contribution in [2.45, 2.75) is 33.4 Å². The quantitative estimate of drug-likeness (QED) is 0.377. The van der Waals surface area contributed by atoms with Crippen molar-refractivity contribution in [1.82, 2.24) is 15.6 Å². The van der Waals surface area contributed by atoms with E-state index in [0.29, 0.717) is 13.1 Å². The van der Waals surface area contributed by atoms with Gasteiger partial charge in [-0.25, -0.2) is 9.98 Å². The topological polar surface area (TPSA) is 58.5 Å². The zero-order valence-electron chi connectivity index (χ0n) is 14.3. The Morgan fingerprint density at radius 3 is 2.54 bits per heavy atom. The molecule has 0 unspecified atom stereocenters. The summed E-state index contributed by atoms with van der Waals surface area (Å²) in [5, 5.41) is 9.85. The van der Waals surface area contributed by atoms with Gasteiger partial charge in [-0.3, -0.25) is 0 Å². The molecule has 0 saturated heterocycles. The Kier molecular flexibility index (Phi) is 9.70. The molecule has 0 radical (unpaired) electrons. The molecule has 0 aliphatic rings. The number of nitrogens with zero attached hydrogens (tertiary/aromatic N) is 2. The summed E-state index contributed by atoms with van der Waals surface area (Å²) in [6, 6.07) is 7.96. The van der Waals surface area contributed by atoms with E-state index < -0.39 is 0 Å². The van der Waals surface area contributed by atoms with E-state index in [2.05, 4.69) is 39.8 Å². The molecule has 2 N–H and O–H groups in total. The van der Waals surface area contributed by atoms with Gasteiger partial charge in [0, 0.05) is 11.9 Å². The van der Waals surface area contributed by atoms with Crippen LogP contribution >= 0.6 is 35.3 Å². The summed E-state index contributed by atoms with van der Waals surface area (Å²) >= 11 is 1.70. The Bertz CT molecular complexity index is 628. The smallest absolute Gasteiger partial charge is 0.191 e. The lowest BCUT2D eigenvalue weighted by atomic mass is 10.2. The summed E-state index contributed by atoms with van der Waals surface area (Å²) in [6.07, 6.45) is 0.982. The number of halogens is 1. The summed E-state index contributed by atoms with van der Waals surface area (Å²) in [5.41, 5.74) is 2.20. The second-order valence-corrected chi connectivity index (χ2v) is 5.93. The second kappa shape index (κ2) is 11.2. The van der Waals surface area contributed by atoms with E-state index in [4.69, 9.17) is 4.74 Å². The maximum absolute atomic E-state index is 5.17. The number of benzene rings is 1. The minimum Gasteiger partial charge on any atom is -0.497 e. The van der Waals surface area contributed by atoms with Crippen LogP contribution in [0, 0.1) is 0 Å². The van der Waals surface area contributed by atoms with Gasteiger partial charge in [0.15, 0.2) is 5.96 Å². The number of aliphatic imine (C=N–C) groups is 1. The number of rotatable bonds is 7. The van der Waals surface area contributed by atoms with E-state index in [0.717, 1.165) is 35.9 Å². The molecule has 0 spiro atoms. The largest absolute Gasteiger partial charge is 0.497 e.